The molecule has 5 nitrogen and oxygen atoms in total. The van der Waals surface area contributed by atoms with Crippen molar-refractivity contribution in [1.29, 1.82) is 0 Å². The average molecular weight is 335 g/mol. The van der Waals surface area contributed by atoms with E-state index in [2.05, 4.69) is 6.92 Å². The largest absolute Gasteiger partial charge is 0.481 e. The van der Waals surface area contributed by atoms with Crippen LogP contribution in [0, 0.1) is 5.41 Å². The smallest absolute Gasteiger partial charge is 0.263 e. The van der Waals surface area contributed by atoms with Gasteiger partial charge in [-0.05, 0) is 37.3 Å². The first-order chi connectivity index (χ1) is 11.5. The zero-order valence-electron chi connectivity index (χ0n) is 15.0. The lowest BCUT2D eigenvalue weighted by Crippen LogP contribution is -2.48. The van der Waals surface area contributed by atoms with Crippen molar-refractivity contribution in [3.63, 3.8) is 0 Å². The molecule has 1 fully saturated rings. The molecular formula is C19H29NO4. The molecule has 24 heavy (non-hydrogen) atoms. The predicted molar refractivity (Wildman–Crippen MR) is 93.1 cm³/mol. The third-order valence-corrected chi connectivity index (χ3v) is 4.55. The molecule has 5 heteroatoms. The number of nitrogens with zero attached hydrogens (tertiary/aromatic N) is 1. The molecule has 0 aromatic heterocycles. The molecule has 1 aliphatic heterocycles. The third-order valence-electron chi connectivity index (χ3n) is 4.55. The number of carbonyl (C=O) groups is 1. The Morgan fingerprint density at radius 2 is 1.96 bits per heavy atom. The van der Waals surface area contributed by atoms with Crippen LogP contribution < -0.4 is 4.74 Å². The van der Waals surface area contributed by atoms with E-state index < -0.39 is 6.10 Å². The Kier molecular flexibility index (Phi) is 7.06. The van der Waals surface area contributed by atoms with Gasteiger partial charge in [0, 0.05) is 33.4 Å². The van der Waals surface area contributed by atoms with Crippen LogP contribution in [0.5, 0.6) is 5.75 Å². The van der Waals surface area contributed by atoms with Gasteiger partial charge in [-0.1, -0.05) is 25.1 Å². The molecule has 1 saturated heterocycles. The lowest BCUT2D eigenvalue weighted by atomic mass is 9.82. The Labute approximate surface area is 144 Å². The molecule has 0 saturated carbocycles. The number of ether oxygens (including phenoxy) is 3. The van der Waals surface area contributed by atoms with Crippen molar-refractivity contribution in [3.05, 3.63) is 30.3 Å². The quantitative estimate of drug-likeness (QED) is 0.733. The first-order valence-corrected chi connectivity index (χ1v) is 8.61. The molecule has 0 radical (unpaired) electrons. The molecule has 1 aromatic carbocycles. The van der Waals surface area contributed by atoms with Gasteiger partial charge in [-0.25, -0.2) is 0 Å². The third kappa shape index (κ3) is 5.49. The molecule has 0 bridgehead atoms. The minimum Gasteiger partial charge on any atom is -0.481 e. The molecule has 1 atom stereocenters. The van der Waals surface area contributed by atoms with Crippen molar-refractivity contribution < 1.29 is 19.0 Å². The molecule has 1 aromatic rings. The molecule has 134 valence electrons. The van der Waals surface area contributed by atoms with Gasteiger partial charge in [0.1, 0.15) is 5.75 Å². The number of amides is 1. The van der Waals surface area contributed by atoms with Crippen LogP contribution in [-0.2, 0) is 14.3 Å². The van der Waals surface area contributed by atoms with Crippen LogP contribution in [0.1, 0.15) is 26.7 Å². The molecule has 1 aliphatic rings. The second-order valence-electron chi connectivity index (χ2n) is 6.75. The number of para-hydroxylation sites is 1. The summed E-state index contributed by atoms with van der Waals surface area (Å²) in [6.07, 6.45) is 1.42. The fourth-order valence-electron chi connectivity index (χ4n) is 2.96. The summed E-state index contributed by atoms with van der Waals surface area (Å²) < 4.78 is 16.4. The van der Waals surface area contributed by atoms with E-state index in [0.717, 1.165) is 26.1 Å². The number of methoxy groups -OCH3 is 1. The van der Waals surface area contributed by atoms with Crippen LogP contribution >= 0.6 is 0 Å². The van der Waals surface area contributed by atoms with Crippen molar-refractivity contribution in [1.82, 2.24) is 4.90 Å². The van der Waals surface area contributed by atoms with Crippen LogP contribution in [0.4, 0.5) is 0 Å². The van der Waals surface area contributed by atoms with Gasteiger partial charge in [0.15, 0.2) is 6.10 Å². The average Bonchev–Trinajstić information content (AvgIpc) is 2.59. The summed E-state index contributed by atoms with van der Waals surface area (Å²) in [5, 5.41) is 0. The van der Waals surface area contributed by atoms with Gasteiger partial charge in [0.25, 0.3) is 5.91 Å². The van der Waals surface area contributed by atoms with Gasteiger partial charge in [-0.15, -0.1) is 0 Å². The maximum absolute atomic E-state index is 12.9. The highest BCUT2D eigenvalue weighted by Crippen LogP contribution is 2.31. The number of carbonyl (C=O) groups excluding carboxylic acids is 1. The van der Waals surface area contributed by atoms with Gasteiger partial charge < -0.3 is 19.1 Å². The van der Waals surface area contributed by atoms with Crippen molar-refractivity contribution in [2.45, 2.75) is 32.8 Å². The molecule has 0 spiro atoms. The Hall–Kier alpha value is -1.59. The lowest BCUT2D eigenvalue weighted by Gasteiger charge is -2.39. The number of hydrogen-bond acceptors (Lipinski definition) is 4. The number of hydrogen-bond donors (Lipinski definition) is 0. The minimum atomic E-state index is -0.521. The van der Waals surface area contributed by atoms with E-state index in [9.17, 15) is 4.79 Å². The minimum absolute atomic E-state index is 0.00335. The lowest BCUT2D eigenvalue weighted by molar-refractivity contribution is -0.141. The number of benzene rings is 1. The first-order valence-electron chi connectivity index (χ1n) is 8.61. The van der Waals surface area contributed by atoms with Crippen LogP contribution in [0.15, 0.2) is 30.3 Å². The van der Waals surface area contributed by atoms with Crippen LogP contribution in [0.2, 0.25) is 0 Å². The normalized spacial score (nSPS) is 18.0. The fourth-order valence-corrected chi connectivity index (χ4v) is 2.96. The summed E-state index contributed by atoms with van der Waals surface area (Å²) >= 11 is 0. The van der Waals surface area contributed by atoms with E-state index in [1.807, 2.05) is 35.2 Å². The highest BCUT2D eigenvalue weighted by molar-refractivity contribution is 5.81. The van der Waals surface area contributed by atoms with Crippen molar-refractivity contribution in [3.8, 4) is 5.75 Å². The maximum atomic E-state index is 12.9. The standard InChI is InChI=1S/C19H29NO4/c1-16(24-17-7-5-4-6-8-17)18(21)20(11-14-22-3)15-19(2)9-12-23-13-10-19/h4-8,16H,9-15H2,1-3H3/t16-/m1/s1. The fraction of sp³-hybridized carbons (Fsp3) is 0.632. The molecule has 1 heterocycles. The topological polar surface area (TPSA) is 48.0 Å². The maximum Gasteiger partial charge on any atom is 0.263 e. The summed E-state index contributed by atoms with van der Waals surface area (Å²) in [6.45, 7) is 7.37. The van der Waals surface area contributed by atoms with Gasteiger partial charge in [0.2, 0.25) is 0 Å². The van der Waals surface area contributed by atoms with E-state index in [1.165, 1.54) is 0 Å². The van der Waals surface area contributed by atoms with E-state index in [4.69, 9.17) is 14.2 Å². The summed E-state index contributed by atoms with van der Waals surface area (Å²) in [5.74, 6) is 0.714. The Bertz CT molecular complexity index is 499. The molecule has 0 aliphatic carbocycles. The summed E-state index contributed by atoms with van der Waals surface area (Å²) in [6, 6.07) is 9.46. The van der Waals surface area contributed by atoms with Crippen molar-refractivity contribution in [2.75, 3.05) is 40.0 Å². The van der Waals surface area contributed by atoms with Crippen LogP contribution in [-0.4, -0.2) is 56.9 Å². The molecule has 1 amide bonds. The van der Waals surface area contributed by atoms with Gasteiger partial charge in [-0.3, -0.25) is 4.79 Å². The van der Waals surface area contributed by atoms with Crippen LogP contribution in [0.25, 0.3) is 0 Å². The van der Waals surface area contributed by atoms with E-state index >= 15 is 0 Å². The first kappa shape index (κ1) is 18.7. The molecular weight excluding hydrogens is 306 g/mol. The van der Waals surface area contributed by atoms with Gasteiger partial charge in [-0.2, -0.15) is 0 Å². The van der Waals surface area contributed by atoms with Gasteiger partial charge >= 0.3 is 0 Å². The second kappa shape index (κ2) is 9.04. The van der Waals surface area contributed by atoms with E-state index in [0.29, 0.717) is 25.4 Å². The summed E-state index contributed by atoms with van der Waals surface area (Å²) in [7, 11) is 1.66. The predicted octanol–water partition coefficient (Wildman–Crippen LogP) is 2.75. The van der Waals surface area contributed by atoms with E-state index in [1.54, 1.807) is 14.0 Å². The Balaban J connectivity index is 2.00. The molecule has 0 unspecified atom stereocenters. The summed E-state index contributed by atoms with van der Waals surface area (Å²) in [4.78, 5) is 14.8. The zero-order chi connectivity index (χ0) is 17.4. The van der Waals surface area contributed by atoms with Crippen molar-refractivity contribution >= 4 is 5.91 Å². The second-order valence-corrected chi connectivity index (χ2v) is 6.75. The SMILES string of the molecule is COCCN(CC1(C)CCOCC1)C(=O)[C@@H](C)Oc1ccccc1. The Morgan fingerprint density at radius 3 is 2.58 bits per heavy atom. The monoisotopic (exact) mass is 335 g/mol. The van der Waals surface area contributed by atoms with Crippen molar-refractivity contribution in [2.24, 2.45) is 5.41 Å². The summed E-state index contributed by atoms with van der Waals surface area (Å²) in [5.41, 5.74) is 0.0914. The highest BCUT2D eigenvalue weighted by Gasteiger charge is 2.33. The number of rotatable bonds is 8. The zero-order valence-corrected chi connectivity index (χ0v) is 15.0. The van der Waals surface area contributed by atoms with Gasteiger partial charge in [0.05, 0.1) is 6.61 Å². The molecule has 0 N–H and O–H groups in total. The van der Waals surface area contributed by atoms with Crippen LogP contribution in [0.3, 0.4) is 0 Å². The molecule has 2 rings (SSSR count). The van der Waals surface area contributed by atoms with E-state index in [-0.39, 0.29) is 11.3 Å². The Morgan fingerprint density at radius 1 is 1.29 bits per heavy atom. The highest BCUT2D eigenvalue weighted by atomic mass is 16.5.